The summed E-state index contributed by atoms with van der Waals surface area (Å²) in [5.41, 5.74) is 0.339. The summed E-state index contributed by atoms with van der Waals surface area (Å²) in [5.74, 6) is 3.25. The van der Waals surface area contributed by atoms with E-state index in [0.29, 0.717) is 54.0 Å². The number of nitrogens with zero attached hydrogens (tertiary/aromatic N) is 2. The first-order chi connectivity index (χ1) is 20.9. The van der Waals surface area contributed by atoms with Crippen molar-refractivity contribution in [3.05, 3.63) is 0 Å². The fraction of sp³-hybridized carbons (Fsp3) is 1.00. The van der Waals surface area contributed by atoms with Crippen molar-refractivity contribution in [2.24, 2.45) is 29.1 Å². The van der Waals surface area contributed by atoms with E-state index in [-0.39, 0.29) is 0 Å². The Hall–Kier alpha value is 1.03. The van der Waals surface area contributed by atoms with Crippen LogP contribution in [-0.2, 0) is 14.1 Å². The van der Waals surface area contributed by atoms with Gasteiger partial charge < -0.3 is 0 Å². The second-order valence-corrected chi connectivity index (χ2v) is 24.5. The molecule has 43 heavy (non-hydrogen) atoms. The number of rotatable bonds is 6. The molecule has 8 aliphatic rings. The van der Waals surface area contributed by atoms with E-state index in [0.717, 1.165) is 23.7 Å². The maximum absolute atomic E-state index is 7.17. The molecule has 0 spiro atoms. The van der Waals surface area contributed by atoms with Gasteiger partial charge in [0.05, 0.1) is 0 Å². The van der Waals surface area contributed by atoms with E-state index in [1.54, 1.807) is 0 Å². The molecule has 4 saturated heterocycles. The van der Waals surface area contributed by atoms with Crippen LogP contribution in [0.5, 0.6) is 0 Å². The van der Waals surface area contributed by atoms with Gasteiger partial charge in [-0.3, -0.25) is 0 Å². The van der Waals surface area contributed by atoms with Crippen molar-refractivity contribution in [1.29, 1.82) is 0 Å². The average molecular weight is 712 g/mol. The van der Waals surface area contributed by atoms with Gasteiger partial charge in [-0.1, -0.05) is 0 Å². The summed E-state index contributed by atoms with van der Waals surface area (Å²) in [6.07, 6.45) is 25.9. The zero-order valence-corrected chi connectivity index (χ0v) is 32.7. The molecule has 0 N–H and O–H groups in total. The van der Waals surface area contributed by atoms with Crippen LogP contribution in [0.1, 0.15) is 143 Å². The zero-order valence-electron chi connectivity index (χ0n) is 27.8. The topological polar surface area (TPSA) is 43.4 Å². The summed E-state index contributed by atoms with van der Waals surface area (Å²) in [6.45, 7) is 10.2. The molecule has 240 valence electrons. The van der Waals surface area contributed by atoms with Crippen molar-refractivity contribution < 1.29 is 14.1 Å². The summed E-state index contributed by atoms with van der Waals surface area (Å²) < 4.78 is 33.9. The zero-order chi connectivity index (χ0) is 29.3. The molecule has 6 nitrogen and oxygen atoms in total. The van der Waals surface area contributed by atoms with Crippen molar-refractivity contribution >= 4 is 34.4 Å². The Morgan fingerprint density at radius 3 is 1.47 bits per heavy atom. The van der Waals surface area contributed by atoms with Crippen molar-refractivity contribution in [2.75, 3.05) is 0 Å². The molecule has 12 unspecified atom stereocenters. The molecule has 8 heteroatoms. The van der Waals surface area contributed by atoms with E-state index in [4.69, 9.17) is 14.1 Å². The van der Waals surface area contributed by atoms with E-state index in [2.05, 4.69) is 34.9 Å². The normalized spacial score (nSPS) is 47.4. The maximum atomic E-state index is 7.17. The van der Waals surface area contributed by atoms with Gasteiger partial charge in [0.1, 0.15) is 0 Å². The van der Waals surface area contributed by atoms with Gasteiger partial charge >= 0.3 is 277 Å². The molecule has 4 heterocycles. The van der Waals surface area contributed by atoms with Crippen LogP contribution >= 0.6 is 0 Å². The predicted octanol–water partition coefficient (Wildman–Crippen LogP) is 7.24. The molecule has 0 aromatic carbocycles. The fourth-order valence-corrected chi connectivity index (χ4v) is 23.7. The Morgan fingerprint density at radius 1 is 0.558 bits per heavy atom. The van der Waals surface area contributed by atoms with E-state index in [9.17, 15) is 0 Å². The van der Waals surface area contributed by atoms with Gasteiger partial charge in [-0.2, -0.15) is 0 Å². The molecule has 8 fully saturated rings. The molecule has 0 amide bonds. The minimum absolute atomic E-state index is 0.339. The van der Waals surface area contributed by atoms with E-state index in [1.165, 1.54) is 116 Å². The number of hydrogen-bond acceptors (Lipinski definition) is 6. The summed E-state index contributed by atoms with van der Waals surface area (Å²) in [6, 6.07) is 2.71. The van der Waals surface area contributed by atoms with Crippen LogP contribution in [0, 0.1) is 29.1 Å². The summed E-state index contributed by atoms with van der Waals surface area (Å²) in [5, 5.41) is 0. The SMILES string of the molecule is CC1CCC2CCCC3[O][Ga]([O]C4CCCC(C(C)(C)C5CCCC([O][Ga]6[O]C7CCCC8CCC(C)[N]6C87)C5)C4)[N]1C23. The van der Waals surface area contributed by atoms with Crippen molar-refractivity contribution in [3.63, 3.8) is 0 Å². The molecular formula is C35H60Ga2N2O4. The first kappa shape index (κ1) is 31.3. The Labute approximate surface area is 275 Å². The summed E-state index contributed by atoms with van der Waals surface area (Å²) in [4.78, 5) is 0. The van der Waals surface area contributed by atoms with E-state index in [1.807, 2.05) is 0 Å². The number of piperidine rings is 2. The van der Waals surface area contributed by atoms with Crippen LogP contribution in [0.25, 0.3) is 0 Å². The Morgan fingerprint density at radius 2 is 1.00 bits per heavy atom. The van der Waals surface area contributed by atoms with Crippen LogP contribution in [0.2, 0.25) is 0 Å². The van der Waals surface area contributed by atoms with Gasteiger partial charge in [0.15, 0.2) is 0 Å². The molecule has 12 atom stereocenters. The van der Waals surface area contributed by atoms with Gasteiger partial charge in [0, 0.05) is 0 Å². The molecule has 4 aliphatic heterocycles. The molecule has 4 aliphatic carbocycles. The molecular weight excluding hydrogens is 652 g/mol. The summed E-state index contributed by atoms with van der Waals surface area (Å²) in [7, 11) is 0. The second kappa shape index (κ2) is 12.8. The van der Waals surface area contributed by atoms with Gasteiger partial charge in [-0.15, -0.1) is 0 Å². The van der Waals surface area contributed by atoms with Crippen molar-refractivity contribution in [3.8, 4) is 0 Å². The van der Waals surface area contributed by atoms with Gasteiger partial charge in [-0.05, 0) is 0 Å². The fourth-order valence-electron chi connectivity index (χ4n) is 11.9. The monoisotopic (exact) mass is 710 g/mol. The van der Waals surface area contributed by atoms with E-state index < -0.39 is 34.4 Å². The van der Waals surface area contributed by atoms with Crippen LogP contribution in [0.4, 0.5) is 0 Å². The first-order valence-corrected chi connectivity index (χ1v) is 25.2. The Balaban J connectivity index is 0.898. The molecule has 0 aromatic rings. The third-order valence-corrected chi connectivity index (χ3v) is 25.2. The van der Waals surface area contributed by atoms with Crippen LogP contribution in [0.15, 0.2) is 0 Å². The van der Waals surface area contributed by atoms with Crippen LogP contribution in [0.3, 0.4) is 0 Å². The van der Waals surface area contributed by atoms with Gasteiger partial charge in [0.25, 0.3) is 0 Å². The van der Waals surface area contributed by atoms with E-state index >= 15 is 0 Å². The quantitative estimate of drug-likeness (QED) is 0.271. The van der Waals surface area contributed by atoms with Crippen molar-refractivity contribution in [1.82, 2.24) is 7.21 Å². The molecule has 0 bridgehead atoms. The molecule has 0 aromatic heterocycles. The first-order valence-electron chi connectivity index (χ1n) is 19.0. The third kappa shape index (κ3) is 5.88. The molecule has 8 rings (SSSR count). The van der Waals surface area contributed by atoms with Gasteiger partial charge in [0.2, 0.25) is 0 Å². The predicted molar refractivity (Wildman–Crippen MR) is 172 cm³/mol. The Kier molecular flexibility index (Phi) is 9.33. The average Bonchev–Trinajstić information content (AvgIpc) is 3.57. The molecule has 0 radical (unpaired) electrons. The second-order valence-electron chi connectivity index (χ2n) is 17.1. The minimum atomic E-state index is -2.38. The van der Waals surface area contributed by atoms with Gasteiger partial charge in [-0.25, -0.2) is 0 Å². The third-order valence-electron chi connectivity index (χ3n) is 14.5. The van der Waals surface area contributed by atoms with Crippen LogP contribution in [-0.4, -0.2) is 90.2 Å². The number of hydrogen-bond donors (Lipinski definition) is 0. The Bertz CT molecular complexity index is 913. The van der Waals surface area contributed by atoms with Crippen LogP contribution < -0.4 is 0 Å². The molecule has 4 saturated carbocycles. The van der Waals surface area contributed by atoms with Crippen molar-refractivity contribution in [2.45, 2.75) is 192 Å². The summed E-state index contributed by atoms with van der Waals surface area (Å²) >= 11 is -4.77. The standard InChI is InChI=1S/C15H26O2.2C10H17NO.2Ga/c1-15(2,11-5-3-7-13(16)9-11)12-6-4-8-14(17)10-12;2*1-7-5-6-8-3-2-4-9(12)10(8)11-7;;/h11-14H,3-10H2,1-2H3;2*7-10H,2-6H2,1H3;;/q3*-2;2*+3.